The number of amides is 1. The summed E-state index contributed by atoms with van der Waals surface area (Å²) < 4.78 is 3.73. The number of carboxylic acid groups (broad SMARTS) is 1. The summed E-state index contributed by atoms with van der Waals surface area (Å²) >= 11 is 0. The highest BCUT2D eigenvalue weighted by Gasteiger charge is 2.27. The standard InChI is InChI=1S/C19H20N4O3/c1-13-17(19(25)26)11-20-23(13)15-5-8-21(9-6-15)18(24)14-10-16-4-2-3-7-22(16)12-14/h2-4,7,10-12,15H,5-6,8-9H2,1H3,(H,25,26). The Hall–Kier alpha value is -3.09. The maximum Gasteiger partial charge on any atom is 0.339 e. The number of carbonyl (C=O) groups is 2. The van der Waals surface area contributed by atoms with Crippen molar-refractivity contribution in [3.63, 3.8) is 0 Å². The lowest BCUT2D eigenvalue weighted by Crippen LogP contribution is -2.39. The molecule has 4 rings (SSSR count). The fourth-order valence-corrected chi connectivity index (χ4v) is 3.67. The maximum absolute atomic E-state index is 12.8. The summed E-state index contributed by atoms with van der Waals surface area (Å²) in [5.41, 5.74) is 2.60. The number of hydrogen-bond donors (Lipinski definition) is 1. The van der Waals surface area contributed by atoms with Crippen molar-refractivity contribution in [1.82, 2.24) is 19.1 Å². The molecule has 1 fully saturated rings. The van der Waals surface area contributed by atoms with Gasteiger partial charge in [0.2, 0.25) is 0 Å². The van der Waals surface area contributed by atoms with Crippen LogP contribution < -0.4 is 0 Å². The molecule has 1 amide bonds. The second-order valence-electron chi connectivity index (χ2n) is 6.68. The van der Waals surface area contributed by atoms with Crippen molar-refractivity contribution in [3.8, 4) is 0 Å². The van der Waals surface area contributed by atoms with Crippen LogP contribution in [-0.4, -0.2) is 49.2 Å². The zero-order valence-electron chi connectivity index (χ0n) is 14.5. The summed E-state index contributed by atoms with van der Waals surface area (Å²) in [6.07, 6.45) is 6.72. The van der Waals surface area contributed by atoms with Crippen LogP contribution in [0, 0.1) is 6.92 Å². The number of piperidine rings is 1. The Labute approximate surface area is 150 Å². The summed E-state index contributed by atoms with van der Waals surface area (Å²) in [6.45, 7) is 3.05. The number of rotatable bonds is 3. The normalized spacial score (nSPS) is 15.5. The van der Waals surface area contributed by atoms with Crippen molar-refractivity contribution >= 4 is 17.4 Å². The summed E-state index contributed by atoms with van der Waals surface area (Å²) in [5.74, 6) is -0.919. The van der Waals surface area contributed by atoms with Crippen LogP contribution in [0.4, 0.5) is 0 Å². The Bertz CT molecular complexity index is 947. The van der Waals surface area contributed by atoms with Crippen molar-refractivity contribution in [2.24, 2.45) is 0 Å². The first-order valence-electron chi connectivity index (χ1n) is 8.68. The fraction of sp³-hybridized carbons (Fsp3) is 0.316. The molecule has 3 aromatic rings. The number of nitrogens with zero attached hydrogens (tertiary/aromatic N) is 4. The third-order valence-corrected chi connectivity index (χ3v) is 5.12. The number of carboxylic acids is 1. The van der Waals surface area contributed by atoms with Gasteiger partial charge < -0.3 is 14.4 Å². The molecule has 0 radical (unpaired) electrons. The molecule has 1 aliphatic rings. The SMILES string of the molecule is Cc1c(C(=O)O)cnn1C1CCN(C(=O)c2cc3ccccn3c2)CC1. The van der Waals surface area contributed by atoms with Gasteiger partial charge in [-0.2, -0.15) is 5.10 Å². The Balaban J connectivity index is 1.46. The largest absolute Gasteiger partial charge is 0.478 e. The van der Waals surface area contributed by atoms with Gasteiger partial charge in [-0.15, -0.1) is 0 Å². The molecule has 4 heterocycles. The van der Waals surface area contributed by atoms with Gasteiger partial charge in [0, 0.05) is 31.0 Å². The predicted molar refractivity (Wildman–Crippen MR) is 95.5 cm³/mol. The van der Waals surface area contributed by atoms with Crippen LogP contribution in [0.3, 0.4) is 0 Å². The van der Waals surface area contributed by atoms with Crippen LogP contribution in [0.15, 0.2) is 42.9 Å². The first kappa shape index (κ1) is 16.4. The average Bonchev–Trinajstić information content (AvgIpc) is 3.24. The second kappa shape index (κ2) is 6.33. The first-order chi connectivity index (χ1) is 12.5. The van der Waals surface area contributed by atoms with E-state index in [2.05, 4.69) is 5.10 Å². The van der Waals surface area contributed by atoms with E-state index in [1.165, 1.54) is 6.20 Å². The Kier molecular flexibility index (Phi) is 3.99. The van der Waals surface area contributed by atoms with Gasteiger partial charge in [-0.1, -0.05) is 6.07 Å². The van der Waals surface area contributed by atoms with E-state index in [-0.39, 0.29) is 17.5 Å². The molecule has 0 spiro atoms. The van der Waals surface area contributed by atoms with Gasteiger partial charge in [-0.25, -0.2) is 4.79 Å². The van der Waals surface area contributed by atoms with Gasteiger partial charge in [0.1, 0.15) is 5.56 Å². The van der Waals surface area contributed by atoms with E-state index < -0.39 is 5.97 Å². The van der Waals surface area contributed by atoms with Gasteiger partial charge in [0.15, 0.2) is 0 Å². The fourth-order valence-electron chi connectivity index (χ4n) is 3.67. The van der Waals surface area contributed by atoms with E-state index in [9.17, 15) is 9.59 Å². The molecule has 7 nitrogen and oxygen atoms in total. The van der Waals surface area contributed by atoms with E-state index in [1.807, 2.05) is 46.0 Å². The van der Waals surface area contributed by atoms with Crippen LogP contribution in [0.5, 0.6) is 0 Å². The van der Waals surface area contributed by atoms with Gasteiger partial charge in [-0.05, 0) is 38.0 Å². The molecule has 134 valence electrons. The number of pyridine rings is 1. The van der Waals surface area contributed by atoms with Gasteiger partial charge in [0.25, 0.3) is 5.91 Å². The molecule has 1 N–H and O–H groups in total. The second-order valence-corrected chi connectivity index (χ2v) is 6.68. The molecule has 3 aromatic heterocycles. The van der Waals surface area contributed by atoms with E-state index in [0.717, 1.165) is 18.4 Å². The average molecular weight is 352 g/mol. The molecule has 0 atom stereocenters. The molecule has 26 heavy (non-hydrogen) atoms. The molecule has 0 aromatic carbocycles. The smallest absolute Gasteiger partial charge is 0.339 e. The highest BCUT2D eigenvalue weighted by molar-refractivity contribution is 5.95. The number of likely N-dealkylation sites (tertiary alicyclic amines) is 1. The summed E-state index contributed by atoms with van der Waals surface area (Å²) in [4.78, 5) is 25.8. The number of aromatic carboxylic acids is 1. The summed E-state index contributed by atoms with van der Waals surface area (Å²) in [7, 11) is 0. The zero-order chi connectivity index (χ0) is 18.3. The number of hydrogen-bond acceptors (Lipinski definition) is 3. The molecule has 0 bridgehead atoms. The number of fused-ring (bicyclic) bond motifs is 1. The van der Waals surface area contributed by atoms with Gasteiger partial charge in [0.05, 0.1) is 23.5 Å². The molecule has 7 heteroatoms. The highest BCUT2D eigenvalue weighted by Crippen LogP contribution is 2.26. The predicted octanol–water partition coefficient (Wildman–Crippen LogP) is 2.62. The van der Waals surface area contributed by atoms with E-state index >= 15 is 0 Å². The van der Waals surface area contributed by atoms with Crippen molar-refractivity contribution in [1.29, 1.82) is 0 Å². The lowest BCUT2D eigenvalue weighted by molar-refractivity contribution is 0.0688. The minimum atomic E-state index is -0.956. The van der Waals surface area contributed by atoms with Gasteiger partial charge >= 0.3 is 5.97 Å². The van der Waals surface area contributed by atoms with Crippen LogP contribution in [0.25, 0.3) is 5.52 Å². The molecule has 0 saturated carbocycles. The van der Waals surface area contributed by atoms with Crippen LogP contribution >= 0.6 is 0 Å². The monoisotopic (exact) mass is 352 g/mol. The third-order valence-electron chi connectivity index (χ3n) is 5.12. The zero-order valence-corrected chi connectivity index (χ0v) is 14.5. The van der Waals surface area contributed by atoms with Crippen LogP contribution in [0.1, 0.15) is 45.3 Å². The molecule has 0 aliphatic carbocycles. The van der Waals surface area contributed by atoms with Crippen molar-refractivity contribution in [3.05, 3.63) is 59.7 Å². The van der Waals surface area contributed by atoms with Crippen molar-refractivity contribution in [2.75, 3.05) is 13.1 Å². The molecule has 1 saturated heterocycles. The lowest BCUT2D eigenvalue weighted by Gasteiger charge is -2.32. The molecular weight excluding hydrogens is 332 g/mol. The van der Waals surface area contributed by atoms with Crippen molar-refractivity contribution < 1.29 is 14.7 Å². The topological polar surface area (TPSA) is 79.8 Å². The molecule has 1 aliphatic heterocycles. The highest BCUT2D eigenvalue weighted by atomic mass is 16.4. The van der Waals surface area contributed by atoms with E-state index in [4.69, 9.17) is 5.11 Å². The van der Waals surface area contributed by atoms with E-state index in [0.29, 0.717) is 24.3 Å². The molecule has 0 unspecified atom stereocenters. The van der Waals surface area contributed by atoms with Crippen LogP contribution in [-0.2, 0) is 0 Å². The van der Waals surface area contributed by atoms with Crippen molar-refractivity contribution in [2.45, 2.75) is 25.8 Å². The van der Waals surface area contributed by atoms with E-state index in [1.54, 1.807) is 11.6 Å². The number of aromatic nitrogens is 3. The quantitative estimate of drug-likeness (QED) is 0.786. The lowest BCUT2D eigenvalue weighted by atomic mass is 10.0. The molecular formula is C19H20N4O3. The Morgan fingerprint density at radius 2 is 2.00 bits per heavy atom. The summed E-state index contributed by atoms with van der Waals surface area (Å²) in [5, 5.41) is 13.4. The Morgan fingerprint density at radius 1 is 1.23 bits per heavy atom. The maximum atomic E-state index is 12.8. The Morgan fingerprint density at radius 3 is 2.65 bits per heavy atom. The summed E-state index contributed by atoms with van der Waals surface area (Å²) in [6, 6.07) is 7.90. The number of carbonyl (C=O) groups excluding carboxylic acids is 1. The minimum absolute atomic E-state index is 0.0376. The van der Waals surface area contributed by atoms with Crippen LogP contribution in [0.2, 0.25) is 0 Å². The first-order valence-corrected chi connectivity index (χ1v) is 8.68. The minimum Gasteiger partial charge on any atom is -0.478 e. The van der Waals surface area contributed by atoms with Gasteiger partial charge in [-0.3, -0.25) is 9.48 Å². The third kappa shape index (κ3) is 2.75.